The highest BCUT2D eigenvalue weighted by Crippen LogP contribution is 2.15. The number of phenolic OH excluding ortho intramolecular Hbond substituents is 1. The minimum Gasteiger partial charge on any atom is -0.507 e. The Kier molecular flexibility index (Phi) is 5.12. The van der Waals surface area contributed by atoms with Crippen LogP contribution in [-0.2, 0) is 0 Å². The largest absolute Gasteiger partial charge is 0.507 e. The van der Waals surface area contributed by atoms with Gasteiger partial charge in [-0.25, -0.2) is 0 Å². The first-order valence-electron chi connectivity index (χ1n) is 5.30. The fourth-order valence-electron chi connectivity index (χ4n) is 1.42. The Bertz CT molecular complexity index is 355. The maximum absolute atomic E-state index is 11.7. The zero-order valence-corrected chi connectivity index (χ0v) is 10.00. The molecule has 1 unspecified atom stereocenters. The summed E-state index contributed by atoms with van der Waals surface area (Å²) in [5.41, 5.74) is 0.306. The van der Waals surface area contributed by atoms with Crippen molar-refractivity contribution < 1.29 is 9.90 Å². The predicted octanol–water partition coefficient (Wildman–Crippen LogP) is 2.53. The van der Waals surface area contributed by atoms with Crippen molar-refractivity contribution >= 4 is 17.5 Å². The van der Waals surface area contributed by atoms with Crippen molar-refractivity contribution in [1.82, 2.24) is 5.32 Å². The summed E-state index contributed by atoms with van der Waals surface area (Å²) in [6.45, 7) is 1.92. The minimum atomic E-state index is -0.250. The maximum atomic E-state index is 11.7. The van der Waals surface area contributed by atoms with Gasteiger partial charge in [0.05, 0.1) is 5.56 Å². The second kappa shape index (κ2) is 6.38. The van der Waals surface area contributed by atoms with E-state index < -0.39 is 0 Å². The molecule has 1 aromatic rings. The monoisotopic (exact) mass is 241 g/mol. The number of carbonyl (C=O) groups is 1. The van der Waals surface area contributed by atoms with Gasteiger partial charge in [0.1, 0.15) is 5.75 Å². The summed E-state index contributed by atoms with van der Waals surface area (Å²) in [4.78, 5) is 11.7. The first-order valence-corrected chi connectivity index (χ1v) is 5.83. The lowest BCUT2D eigenvalue weighted by atomic mass is 10.1. The van der Waals surface area contributed by atoms with Crippen molar-refractivity contribution in [3.63, 3.8) is 0 Å². The summed E-state index contributed by atoms with van der Waals surface area (Å²) in [6.07, 6.45) is 1.70. The summed E-state index contributed by atoms with van der Waals surface area (Å²) < 4.78 is 0. The normalized spacial score (nSPS) is 12.1. The van der Waals surface area contributed by atoms with E-state index in [2.05, 4.69) is 5.32 Å². The van der Waals surface area contributed by atoms with Gasteiger partial charge in [-0.3, -0.25) is 4.79 Å². The molecule has 0 heterocycles. The molecule has 0 aliphatic heterocycles. The quantitative estimate of drug-likeness (QED) is 0.779. The molecule has 3 nitrogen and oxygen atoms in total. The molecule has 4 heteroatoms. The molecule has 0 saturated carbocycles. The van der Waals surface area contributed by atoms with Gasteiger partial charge in [-0.2, -0.15) is 0 Å². The number of phenols is 1. The van der Waals surface area contributed by atoms with Crippen molar-refractivity contribution in [2.45, 2.75) is 25.8 Å². The minimum absolute atomic E-state index is 0.00421. The molecular weight excluding hydrogens is 226 g/mol. The second-order valence-electron chi connectivity index (χ2n) is 3.72. The van der Waals surface area contributed by atoms with E-state index in [-0.39, 0.29) is 17.7 Å². The predicted molar refractivity (Wildman–Crippen MR) is 65.0 cm³/mol. The molecule has 88 valence electrons. The fourth-order valence-corrected chi connectivity index (χ4v) is 1.58. The van der Waals surface area contributed by atoms with Gasteiger partial charge in [0.25, 0.3) is 5.91 Å². The molecule has 1 aromatic carbocycles. The van der Waals surface area contributed by atoms with Crippen LogP contribution >= 0.6 is 11.6 Å². The zero-order chi connectivity index (χ0) is 12.0. The molecule has 0 fully saturated rings. The second-order valence-corrected chi connectivity index (χ2v) is 4.10. The molecule has 1 rings (SSSR count). The van der Waals surface area contributed by atoms with Gasteiger partial charge in [-0.05, 0) is 31.9 Å². The molecular formula is C12H16ClNO2. The highest BCUT2D eigenvalue weighted by molar-refractivity contribution is 6.17. The number of halogens is 1. The van der Waals surface area contributed by atoms with Crippen molar-refractivity contribution in [2.24, 2.45) is 0 Å². The average molecular weight is 242 g/mol. The van der Waals surface area contributed by atoms with E-state index in [4.69, 9.17) is 11.6 Å². The molecule has 0 saturated heterocycles. The van der Waals surface area contributed by atoms with E-state index in [1.807, 2.05) is 6.92 Å². The van der Waals surface area contributed by atoms with Crippen molar-refractivity contribution in [3.8, 4) is 5.75 Å². The van der Waals surface area contributed by atoms with Crippen LogP contribution in [0.15, 0.2) is 24.3 Å². The number of alkyl halides is 1. The number of hydrogen-bond acceptors (Lipinski definition) is 2. The molecule has 1 atom stereocenters. The lowest BCUT2D eigenvalue weighted by molar-refractivity contribution is 0.0935. The smallest absolute Gasteiger partial charge is 0.255 e. The zero-order valence-electron chi connectivity index (χ0n) is 9.24. The third kappa shape index (κ3) is 3.74. The van der Waals surface area contributed by atoms with E-state index in [0.29, 0.717) is 11.4 Å². The molecule has 2 N–H and O–H groups in total. The third-order valence-corrected chi connectivity index (χ3v) is 2.56. The Morgan fingerprint density at radius 3 is 2.81 bits per heavy atom. The number of para-hydroxylation sites is 1. The molecule has 0 radical (unpaired) electrons. The van der Waals surface area contributed by atoms with Crippen LogP contribution in [0.5, 0.6) is 5.75 Å². The van der Waals surface area contributed by atoms with Gasteiger partial charge < -0.3 is 10.4 Å². The molecule has 0 spiro atoms. The standard InChI is InChI=1S/C12H16ClNO2/c1-9(5-4-8-13)14-12(16)10-6-2-3-7-11(10)15/h2-3,6-7,9,15H,4-5,8H2,1H3,(H,14,16). The van der Waals surface area contributed by atoms with Crippen molar-refractivity contribution in [1.29, 1.82) is 0 Å². The van der Waals surface area contributed by atoms with Gasteiger partial charge in [0.15, 0.2) is 0 Å². The Morgan fingerprint density at radius 1 is 1.50 bits per heavy atom. The van der Waals surface area contributed by atoms with Crippen molar-refractivity contribution in [3.05, 3.63) is 29.8 Å². The first-order chi connectivity index (χ1) is 7.65. The molecule has 0 bridgehead atoms. The highest BCUT2D eigenvalue weighted by Gasteiger charge is 2.12. The van der Waals surface area contributed by atoms with Crippen LogP contribution in [0, 0.1) is 0 Å². The van der Waals surface area contributed by atoms with Crippen LogP contribution in [0.4, 0.5) is 0 Å². The van der Waals surface area contributed by atoms with E-state index in [1.165, 1.54) is 6.07 Å². The van der Waals surface area contributed by atoms with Crippen LogP contribution in [0.25, 0.3) is 0 Å². The van der Waals surface area contributed by atoms with E-state index >= 15 is 0 Å². The van der Waals surface area contributed by atoms with Crippen LogP contribution in [0.1, 0.15) is 30.1 Å². The number of hydrogen-bond donors (Lipinski definition) is 2. The summed E-state index contributed by atoms with van der Waals surface area (Å²) in [5, 5.41) is 12.3. The van der Waals surface area contributed by atoms with Gasteiger partial charge in [-0.15, -0.1) is 11.6 Å². The number of nitrogens with one attached hydrogen (secondary N) is 1. The number of benzene rings is 1. The molecule has 16 heavy (non-hydrogen) atoms. The summed E-state index contributed by atoms with van der Waals surface area (Å²) in [6, 6.07) is 6.56. The van der Waals surface area contributed by atoms with E-state index in [0.717, 1.165) is 12.8 Å². The number of rotatable bonds is 5. The lowest BCUT2D eigenvalue weighted by Crippen LogP contribution is -2.32. The highest BCUT2D eigenvalue weighted by atomic mass is 35.5. The summed E-state index contributed by atoms with van der Waals surface area (Å²) >= 11 is 5.57. The maximum Gasteiger partial charge on any atom is 0.255 e. The van der Waals surface area contributed by atoms with Gasteiger partial charge in [-0.1, -0.05) is 12.1 Å². The lowest BCUT2D eigenvalue weighted by Gasteiger charge is -2.13. The SMILES string of the molecule is CC(CCCCl)NC(=O)c1ccccc1O. The molecule has 1 amide bonds. The van der Waals surface area contributed by atoms with E-state index in [1.54, 1.807) is 18.2 Å². The van der Waals surface area contributed by atoms with Gasteiger partial charge in [0.2, 0.25) is 0 Å². The van der Waals surface area contributed by atoms with Crippen LogP contribution in [0.2, 0.25) is 0 Å². The van der Waals surface area contributed by atoms with Crippen LogP contribution < -0.4 is 5.32 Å². The van der Waals surface area contributed by atoms with Gasteiger partial charge in [0, 0.05) is 11.9 Å². The Hall–Kier alpha value is -1.22. The van der Waals surface area contributed by atoms with Gasteiger partial charge >= 0.3 is 0 Å². The fraction of sp³-hybridized carbons (Fsp3) is 0.417. The van der Waals surface area contributed by atoms with Crippen molar-refractivity contribution in [2.75, 3.05) is 5.88 Å². The Labute approximate surface area is 100 Å². The Balaban J connectivity index is 2.56. The molecule has 0 aliphatic rings. The number of carbonyl (C=O) groups excluding carboxylic acids is 1. The number of amides is 1. The topological polar surface area (TPSA) is 49.3 Å². The molecule has 0 aromatic heterocycles. The van der Waals surface area contributed by atoms with Crippen LogP contribution in [-0.4, -0.2) is 22.9 Å². The molecule has 0 aliphatic carbocycles. The average Bonchev–Trinajstić information content (AvgIpc) is 2.26. The summed E-state index contributed by atoms with van der Waals surface area (Å²) in [7, 11) is 0. The first kappa shape index (κ1) is 12.8. The third-order valence-electron chi connectivity index (χ3n) is 2.30. The summed E-state index contributed by atoms with van der Waals surface area (Å²) in [5.74, 6) is 0.348. The Morgan fingerprint density at radius 2 is 2.19 bits per heavy atom. The van der Waals surface area contributed by atoms with E-state index in [9.17, 15) is 9.90 Å². The van der Waals surface area contributed by atoms with Crippen LogP contribution in [0.3, 0.4) is 0 Å². The number of aromatic hydroxyl groups is 1.